The molecule has 1 heterocycles. The summed E-state index contributed by atoms with van der Waals surface area (Å²) in [5, 5.41) is 3.69. The van der Waals surface area contributed by atoms with E-state index in [1.165, 1.54) is 43.4 Å². The number of nitrogens with zero attached hydrogens (tertiary/aromatic N) is 1. The van der Waals surface area contributed by atoms with E-state index in [-0.39, 0.29) is 0 Å². The van der Waals surface area contributed by atoms with Gasteiger partial charge in [-0.2, -0.15) is 0 Å². The van der Waals surface area contributed by atoms with E-state index in [1.807, 2.05) is 11.7 Å². The van der Waals surface area contributed by atoms with Gasteiger partial charge in [-0.1, -0.05) is 26.2 Å². The SMILES string of the molecule is CCCNC(Cc1cncs1)CC1CCC1. The van der Waals surface area contributed by atoms with Gasteiger partial charge in [0.2, 0.25) is 0 Å². The molecule has 0 bridgehead atoms. The highest BCUT2D eigenvalue weighted by Crippen LogP contribution is 2.31. The molecule has 1 aliphatic carbocycles. The van der Waals surface area contributed by atoms with E-state index in [9.17, 15) is 0 Å². The van der Waals surface area contributed by atoms with Crippen LogP contribution in [0.25, 0.3) is 0 Å². The summed E-state index contributed by atoms with van der Waals surface area (Å²) in [6, 6.07) is 0.672. The maximum absolute atomic E-state index is 4.16. The lowest BCUT2D eigenvalue weighted by atomic mass is 9.80. The molecule has 0 aliphatic heterocycles. The second kappa shape index (κ2) is 6.36. The van der Waals surface area contributed by atoms with Gasteiger partial charge in [0, 0.05) is 17.1 Å². The number of hydrogen-bond acceptors (Lipinski definition) is 3. The molecular formula is C13H22N2S. The van der Waals surface area contributed by atoms with Gasteiger partial charge in [0.1, 0.15) is 0 Å². The highest BCUT2D eigenvalue weighted by molar-refractivity contribution is 7.09. The van der Waals surface area contributed by atoms with Crippen molar-refractivity contribution in [2.24, 2.45) is 5.92 Å². The lowest BCUT2D eigenvalue weighted by Crippen LogP contribution is -2.35. The summed E-state index contributed by atoms with van der Waals surface area (Å²) in [6.45, 7) is 3.39. The number of rotatable bonds is 7. The van der Waals surface area contributed by atoms with Gasteiger partial charge >= 0.3 is 0 Å². The Hall–Kier alpha value is -0.410. The van der Waals surface area contributed by atoms with E-state index in [0.29, 0.717) is 6.04 Å². The Morgan fingerprint density at radius 2 is 2.44 bits per heavy atom. The standard InChI is InChI=1S/C13H22N2S/c1-2-6-15-12(7-11-4-3-5-11)8-13-9-14-10-16-13/h9-12,15H,2-8H2,1H3. The van der Waals surface area contributed by atoms with Crippen LogP contribution in [0.3, 0.4) is 0 Å². The molecule has 0 amide bonds. The topological polar surface area (TPSA) is 24.9 Å². The molecule has 1 atom stereocenters. The highest BCUT2D eigenvalue weighted by Gasteiger charge is 2.22. The maximum atomic E-state index is 4.16. The summed E-state index contributed by atoms with van der Waals surface area (Å²) in [4.78, 5) is 5.58. The molecule has 2 rings (SSSR count). The maximum Gasteiger partial charge on any atom is 0.0794 e. The molecule has 0 spiro atoms. The second-order valence-corrected chi connectivity index (χ2v) is 5.83. The van der Waals surface area contributed by atoms with Crippen LogP contribution in [-0.4, -0.2) is 17.6 Å². The van der Waals surface area contributed by atoms with Crippen molar-refractivity contribution in [1.82, 2.24) is 10.3 Å². The molecule has 2 nitrogen and oxygen atoms in total. The van der Waals surface area contributed by atoms with E-state index >= 15 is 0 Å². The van der Waals surface area contributed by atoms with Crippen LogP contribution in [-0.2, 0) is 6.42 Å². The van der Waals surface area contributed by atoms with Crippen LogP contribution >= 0.6 is 11.3 Å². The van der Waals surface area contributed by atoms with Crippen LogP contribution in [0.15, 0.2) is 11.7 Å². The zero-order chi connectivity index (χ0) is 11.2. The van der Waals surface area contributed by atoms with Gasteiger partial charge in [-0.25, -0.2) is 0 Å². The molecule has 0 radical (unpaired) electrons. The Morgan fingerprint density at radius 1 is 1.56 bits per heavy atom. The van der Waals surface area contributed by atoms with Gasteiger partial charge in [0.15, 0.2) is 0 Å². The molecule has 1 unspecified atom stereocenters. The molecule has 0 saturated heterocycles. The van der Waals surface area contributed by atoms with E-state index in [2.05, 4.69) is 17.2 Å². The van der Waals surface area contributed by atoms with Crippen LogP contribution < -0.4 is 5.32 Å². The Balaban J connectivity index is 1.80. The van der Waals surface area contributed by atoms with Crippen LogP contribution in [0, 0.1) is 5.92 Å². The van der Waals surface area contributed by atoms with Crippen LogP contribution in [0.1, 0.15) is 43.9 Å². The van der Waals surface area contributed by atoms with Gasteiger partial charge in [-0.05, 0) is 31.7 Å². The van der Waals surface area contributed by atoms with Crippen molar-refractivity contribution in [3.8, 4) is 0 Å². The number of nitrogens with one attached hydrogen (secondary N) is 1. The minimum atomic E-state index is 0.672. The van der Waals surface area contributed by atoms with E-state index in [4.69, 9.17) is 0 Å². The summed E-state index contributed by atoms with van der Waals surface area (Å²) in [6.07, 6.45) is 10.1. The monoisotopic (exact) mass is 238 g/mol. The Bertz CT molecular complexity index is 280. The minimum absolute atomic E-state index is 0.672. The number of aromatic nitrogens is 1. The zero-order valence-corrected chi connectivity index (χ0v) is 10.9. The normalized spacial score (nSPS) is 18.3. The summed E-state index contributed by atoms with van der Waals surface area (Å²) >= 11 is 1.79. The summed E-state index contributed by atoms with van der Waals surface area (Å²) in [7, 11) is 0. The predicted molar refractivity (Wildman–Crippen MR) is 69.9 cm³/mol. The number of hydrogen-bond donors (Lipinski definition) is 1. The molecule has 3 heteroatoms. The van der Waals surface area contributed by atoms with Crippen molar-refractivity contribution < 1.29 is 0 Å². The molecule has 90 valence electrons. The molecule has 1 saturated carbocycles. The third kappa shape index (κ3) is 3.56. The van der Waals surface area contributed by atoms with Crippen molar-refractivity contribution in [2.75, 3.05) is 6.54 Å². The molecule has 1 aromatic heterocycles. The third-order valence-corrected chi connectivity index (χ3v) is 4.26. The van der Waals surface area contributed by atoms with E-state index < -0.39 is 0 Å². The van der Waals surface area contributed by atoms with Gasteiger partial charge in [-0.3, -0.25) is 4.98 Å². The van der Waals surface area contributed by atoms with Crippen molar-refractivity contribution >= 4 is 11.3 Å². The zero-order valence-electron chi connectivity index (χ0n) is 10.1. The first-order valence-corrected chi connectivity index (χ1v) is 7.37. The van der Waals surface area contributed by atoms with Crippen molar-refractivity contribution in [2.45, 2.75) is 51.5 Å². The summed E-state index contributed by atoms with van der Waals surface area (Å²) in [5.41, 5.74) is 1.94. The molecular weight excluding hydrogens is 216 g/mol. The molecule has 1 aliphatic rings. The molecule has 1 fully saturated rings. The fourth-order valence-corrected chi connectivity index (χ4v) is 2.98. The molecule has 0 aromatic carbocycles. The summed E-state index contributed by atoms with van der Waals surface area (Å²) < 4.78 is 0. The van der Waals surface area contributed by atoms with Gasteiger partial charge < -0.3 is 5.32 Å². The molecule has 1 aromatic rings. The average molecular weight is 238 g/mol. The summed E-state index contributed by atoms with van der Waals surface area (Å²) in [5.74, 6) is 0.988. The second-order valence-electron chi connectivity index (χ2n) is 4.86. The van der Waals surface area contributed by atoms with Crippen LogP contribution in [0.4, 0.5) is 0 Å². The molecule has 16 heavy (non-hydrogen) atoms. The van der Waals surface area contributed by atoms with E-state index in [1.54, 1.807) is 11.3 Å². The largest absolute Gasteiger partial charge is 0.314 e. The van der Waals surface area contributed by atoms with Crippen molar-refractivity contribution in [1.29, 1.82) is 0 Å². The first-order valence-electron chi connectivity index (χ1n) is 6.49. The Kier molecular flexibility index (Phi) is 4.79. The van der Waals surface area contributed by atoms with Crippen molar-refractivity contribution in [3.05, 3.63) is 16.6 Å². The molecule has 1 N–H and O–H groups in total. The third-order valence-electron chi connectivity index (χ3n) is 3.46. The van der Waals surface area contributed by atoms with Gasteiger partial charge in [0.25, 0.3) is 0 Å². The Labute approximate surface area is 102 Å². The van der Waals surface area contributed by atoms with Crippen LogP contribution in [0.5, 0.6) is 0 Å². The van der Waals surface area contributed by atoms with Gasteiger partial charge in [0.05, 0.1) is 5.51 Å². The highest BCUT2D eigenvalue weighted by atomic mass is 32.1. The predicted octanol–water partition coefficient (Wildman–Crippen LogP) is 3.24. The minimum Gasteiger partial charge on any atom is -0.314 e. The van der Waals surface area contributed by atoms with E-state index in [0.717, 1.165) is 12.5 Å². The van der Waals surface area contributed by atoms with Gasteiger partial charge in [-0.15, -0.1) is 11.3 Å². The fraction of sp³-hybridized carbons (Fsp3) is 0.769. The van der Waals surface area contributed by atoms with Crippen LogP contribution in [0.2, 0.25) is 0 Å². The quantitative estimate of drug-likeness (QED) is 0.789. The Morgan fingerprint density at radius 3 is 3.00 bits per heavy atom. The first kappa shape index (κ1) is 12.1. The average Bonchev–Trinajstić information content (AvgIpc) is 2.72. The fourth-order valence-electron chi connectivity index (χ4n) is 2.30. The lowest BCUT2D eigenvalue weighted by Gasteiger charge is -2.30. The van der Waals surface area contributed by atoms with Crippen molar-refractivity contribution in [3.63, 3.8) is 0 Å². The number of thiazole rings is 1. The lowest BCUT2D eigenvalue weighted by molar-refractivity contribution is 0.259. The smallest absolute Gasteiger partial charge is 0.0794 e. The first-order chi connectivity index (χ1) is 7.88.